The third kappa shape index (κ3) is 4.28. The van der Waals surface area contributed by atoms with Crippen molar-refractivity contribution in [1.29, 1.82) is 0 Å². The molecule has 2 N–H and O–H groups in total. The van der Waals surface area contributed by atoms with E-state index in [1.807, 2.05) is 4.90 Å². The third-order valence-electron chi connectivity index (χ3n) is 3.91. The van der Waals surface area contributed by atoms with Crippen molar-refractivity contribution in [3.05, 3.63) is 29.8 Å². The number of carbonyl (C=O) groups is 1. The van der Waals surface area contributed by atoms with Gasteiger partial charge in [-0.05, 0) is 36.0 Å². The summed E-state index contributed by atoms with van der Waals surface area (Å²) in [4.78, 5) is 14.2. The lowest BCUT2D eigenvalue weighted by molar-refractivity contribution is -0.130. The van der Waals surface area contributed by atoms with Gasteiger partial charge >= 0.3 is 0 Å². The van der Waals surface area contributed by atoms with E-state index in [2.05, 4.69) is 13.8 Å². The Kier molecular flexibility index (Phi) is 4.39. The summed E-state index contributed by atoms with van der Waals surface area (Å²) in [5.74, 6) is 0.163. The topological polar surface area (TPSA) is 80.5 Å². The Bertz CT molecular complexity index is 621. The molecule has 6 heteroatoms. The van der Waals surface area contributed by atoms with Crippen LogP contribution in [0.15, 0.2) is 29.2 Å². The van der Waals surface area contributed by atoms with E-state index in [1.165, 1.54) is 12.1 Å². The van der Waals surface area contributed by atoms with E-state index in [1.54, 1.807) is 12.1 Å². The Morgan fingerprint density at radius 1 is 1.29 bits per heavy atom. The molecular weight excluding hydrogens is 288 g/mol. The van der Waals surface area contributed by atoms with Gasteiger partial charge in [0.2, 0.25) is 15.9 Å². The maximum atomic E-state index is 12.1. The molecule has 0 unspecified atom stereocenters. The highest BCUT2D eigenvalue weighted by molar-refractivity contribution is 7.89. The van der Waals surface area contributed by atoms with Crippen molar-refractivity contribution in [1.82, 2.24) is 4.90 Å². The lowest BCUT2D eigenvalue weighted by atomic mass is 9.93. The average Bonchev–Trinajstić information content (AvgIpc) is 2.76. The number of hydrogen-bond acceptors (Lipinski definition) is 3. The van der Waals surface area contributed by atoms with Crippen molar-refractivity contribution < 1.29 is 13.2 Å². The molecule has 1 aliphatic rings. The second-order valence-electron chi connectivity index (χ2n) is 6.42. The van der Waals surface area contributed by atoms with Gasteiger partial charge in [0.25, 0.3) is 0 Å². The number of carbonyl (C=O) groups excluding carboxylic acids is 1. The van der Waals surface area contributed by atoms with Gasteiger partial charge < -0.3 is 4.90 Å². The van der Waals surface area contributed by atoms with Crippen LogP contribution in [0.2, 0.25) is 0 Å². The molecule has 5 nitrogen and oxygen atoms in total. The molecule has 1 aromatic rings. The molecule has 21 heavy (non-hydrogen) atoms. The Hall–Kier alpha value is -1.40. The monoisotopic (exact) mass is 310 g/mol. The van der Waals surface area contributed by atoms with Crippen molar-refractivity contribution in [2.45, 2.75) is 38.0 Å². The van der Waals surface area contributed by atoms with Crippen LogP contribution in [0, 0.1) is 5.41 Å². The second-order valence-corrected chi connectivity index (χ2v) is 7.98. The van der Waals surface area contributed by atoms with E-state index in [0.29, 0.717) is 12.8 Å². The Balaban J connectivity index is 1.90. The standard InChI is InChI=1S/C15H22N2O3S/c1-15(2)9-10-17(11-15)14(18)8-5-12-3-6-13(7-4-12)21(16,19)20/h3-4,6-7H,5,8-11H2,1-2H3,(H2,16,19,20). The van der Waals surface area contributed by atoms with Crippen molar-refractivity contribution in [2.75, 3.05) is 13.1 Å². The molecule has 0 atom stereocenters. The number of likely N-dealkylation sites (tertiary alicyclic amines) is 1. The molecule has 1 heterocycles. The number of aryl methyl sites for hydroxylation is 1. The van der Waals surface area contributed by atoms with Crippen LogP contribution in [0.3, 0.4) is 0 Å². The van der Waals surface area contributed by atoms with Crippen LogP contribution in [0.25, 0.3) is 0 Å². The molecular formula is C15H22N2O3S. The first-order valence-electron chi connectivity index (χ1n) is 7.07. The van der Waals surface area contributed by atoms with Crippen molar-refractivity contribution in [3.8, 4) is 0 Å². The highest BCUT2D eigenvalue weighted by Crippen LogP contribution is 2.29. The van der Waals surface area contributed by atoms with Crippen LogP contribution < -0.4 is 5.14 Å². The molecule has 0 radical (unpaired) electrons. The van der Waals surface area contributed by atoms with E-state index in [-0.39, 0.29) is 16.2 Å². The average molecular weight is 310 g/mol. The largest absolute Gasteiger partial charge is 0.342 e. The normalized spacial score (nSPS) is 18.0. The first kappa shape index (κ1) is 16.0. The Morgan fingerprint density at radius 2 is 1.90 bits per heavy atom. The minimum atomic E-state index is -3.65. The highest BCUT2D eigenvalue weighted by atomic mass is 32.2. The van der Waals surface area contributed by atoms with Crippen molar-refractivity contribution >= 4 is 15.9 Å². The van der Waals surface area contributed by atoms with Crippen LogP contribution in [-0.2, 0) is 21.2 Å². The fraction of sp³-hybridized carbons (Fsp3) is 0.533. The van der Waals surface area contributed by atoms with Gasteiger partial charge in [0, 0.05) is 19.5 Å². The van der Waals surface area contributed by atoms with Crippen LogP contribution in [0.4, 0.5) is 0 Å². The highest BCUT2D eigenvalue weighted by Gasteiger charge is 2.31. The van der Waals surface area contributed by atoms with Gasteiger partial charge in [0.05, 0.1) is 4.90 Å². The van der Waals surface area contributed by atoms with Crippen LogP contribution in [-0.4, -0.2) is 32.3 Å². The molecule has 2 rings (SSSR count). The number of amides is 1. The molecule has 116 valence electrons. The van der Waals surface area contributed by atoms with Gasteiger partial charge in [-0.25, -0.2) is 13.6 Å². The Labute approximate surface area is 126 Å². The minimum Gasteiger partial charge on any atom is -0.342 e. The maximum Gasteiger partial charge on any atom is 0.238 e. The summed E-state index contributed by atoms with van der Waals surface area (Å²) in [5.41, 5.74) is 1.15. The zero-order chi connectivity index (χ0) is 15.7. The van der Waals surface area contributed by atoms with Crippen molar-refractivity contribution in [3.63, 3.8) is 0 Å². The molecule has 1 amide bonds. The summed E-state index contributed by atoms with van der Waals surface area (Å²) in [6.07, 6.45) is 2.10. The third-order valence-corrected chi connectivity index (χ3v) is 4.84. The minimum absolute atomic E-state index is 0.0962. The summed E-state index contributed by atoms with van der Waals surface area (Å²) in [7, 11) is -3.65. The number of benzene rings is 1. The smallest absolute Gasteiger partial charge is 0.238 e. The molecule has 0 aromatic heterocycles. The molecule has 1 fully saturated rings. The lowest BCUT2D eigenvalue weighted by Gasteiger charge is -2.19. The number of primary sulfonamides is 1. The number of sulfonamides is 1. The SMILES string of the molecule is CC1(C)CCN(C(=O)CCc2ccc(S(N)(=O)=O)cc2)C1. The van der Waals surface area contributed by atoms with Gasteiger partial charge in [-0.2, -0.15) is 0 Å². The first-order valence-corrected chi connectivity index (χ1v) is 8.62. The molecule has 0 spiro atoms. The van der Waals surface area contributed by atoms with Gasteiger partial charge in [-0.3, -0.25) is 4.79 Å². The molecule has 0 saturated carbocycles. The number of nitrogens with zero attached hydrogens (tertiary/aromatic N) is 1. The predicted molar refractivity (Wildman–Crippen MR) is 81.1 cm³/mol. The second kappa shape index (κ2) is 5.77. The molecule has 1 aromatic carbocycles. The van der Waals surface area contributed by atoms with Crippen LogP contribution >= 0.6 is 0 Å². The van der Waals surface area contributed by atoms with Gasteiger partial charge in [0.15, 0.2) is 0 Å². The molecule has 0 aliphatic carbocycles. The van der Waals surface area contributed by atoms with Gasteiger partial charge in [0.1, 0.15) is 0 Å². The predicted octanol–water partition coefficient (Wildman–Crippen LogP) is 1.53. The summed E-state index contributed by atoms with van der Waals surface area (Å²) in [6, 6.07) is 6.38. The van der Waals surface area contributed by atoms with Crippen molar-refractivity contribution in [2.24, 2.45) is 10.6 Å². The summed E-state index contributed by atoms with van der Waals surface area (Å²) in [6.45, 7) is 5.99. The van der Waals surface area contributed by atoms with E-state index in [9.17, 15) is 13.2 Å². The summed E-state index contributed by atoms with van der Waals surface area (Å²) in [5, 5.41) is 5.05. The number of rotatable bonds is 4. The van der Waals surface area contributed by atoms with Gasteiger partial charge in [-0.1, -0.05) is 26.0 Å². The molecule has 1 saturated heterocycles. The fourth-order valence-electron chi connectivity index (χ4n) is 2.58. The number of nitrogens with two attached hydrogens (primary N) is 1. The maximum absolute atomic E-state index is 12.1. The number of hydrogen-bond donors (Lipinski definition) is 1. The summed E-state index contributed by atoms with van der Waals surface area (Å²) < 4.78 is 22.3. The van der Waals surface area contributed by atoms with E-state index < -0.39 is 10.0 Å². The van der Waals surface area contributed by atoms with E-state index in [4.69, 9.17) is 5.14 Å². The quantitative estimate of drug-likeness (QED) is 0.915. The van der Waals surface area contributed by atoms with E-state index >= 15 is 0 Å². The molecule has 0 bridgehead atoms. The fourth-order valence-corrected chi connectivity index (χ4v) is 3.10. The van der Waals surface area contributed by atoms with Crippen LogP contribution in [0.5, 0.6) is 0 Å². The molecule has 1 aliphatic heterocycles. The lowest BCUT2D eigenvalue weighted by Crippen LogP contribution is -2.30. The Morgan fingerprint density at radius 3 is 2.38 bits per heavy atom. The zero-order valence-corrected chi connectivity index (χ0v) is 13.3. The van der Waals surface area contributed by atoms with E-state index in [0.717, 1.165) is 25.1 Å². The van der Waals surface area contributed by atoms with Gasteiger partial charge in [-0.15, -0.1) is 0 Å². The zero-order valence-electron chi connectivity index (χ0n) is 12.5. The summed E-state index contributed by atoms with van der Waals surface area (Å²) >= 11 is 0. The van der Waals surface area contributed by atoms with Crippen LogP contribution in [0.1, 0.15) is 32.3 Å². The first-order chi connectivity index (χ1) is 9.67.